The van der Waals surface area contributed by atoms with Gasteiger partial charge in [0.15, 0.2) is 10.0 Å². The van der Waals surface area contributed by atoms with Gasteiger partial charge in [0.1, 0.15) is 0 Å². The van der Waals surface area contributed by atoms with Crippen LogP contribution in [0.4, 0.5) is 34.1 Å². The molecule has 72 heavy (non-hydrogen) atoms. The monoisotopic (exact) mass is 974 g/mol. The van der Waals surface area contributed by atoms with E-state index >= 15 is 0 Å². The lowest BCUT2D eigenvalue weighted by atomic mass is 10.0. The molecule has 358 valence electrons. The smallest absolute Gasteiger partial charge is 0.153 e. The van der Waals surface area contributed by atoms with Gasteiger partial charge in [0.2, 0.25) is 0 Å². The Balaban J connectivity index is 1.05. The van der Waals surface area contributed by atoms with Crippen molar-refractivity contribution < 1.29 is 0 Å². The van der Waals surface area contributed by atoms with Crippen LogP contribution < -0.4 is 9.80 Å². The molecule has 0 saturated heterocycles. The van der Waals surface area contributed by atoms with E-state index in [1.807, 2.05) is 0 Å². The van der Waals surface area contributed by atoms with Crippen molar-refractivity contribution in [3.63, 3.8) is 0 Å². The highest BCUT2D eigenvalue weighted by Gasteiger charge is 2.23. The lowest BCUT2D eigenvalue weighted by Gasteiger charge is -2.25. The summed E-state index contributed by atoms with van der Waals surface area (Å²) in [4.78, 5) is 18.0. The Kier molecular flexibility index (Phi) is 15.9. The normalized spacial score (nSPS) is 11.2. The summed E-state index contributed by atoms with van der Waals surface area (Å²) < 4.78 is 0. The van der Waals surface area contributed by atoms with Gasteiger partial charge in [0.25, 0.3) is 0 Å². The van der Waals surface area contributed by atoms with Crippen LogP contribution in [0.15, 0.2) is 218 Å². The molecule has 0 aliphatic carbocycles. The highest BCUT2D eigenvalue weighted by atomic mass is 32.1. The maximum absolute atomic E-state index is 5.55. The summed E-state index contributed by atoms with van der Waals surface area (Å²) in [6, 6.07) is 78.7. The van der Waals surface area contributed by atoms with Crippen LogP contribution in [0, 0.1) is 0 Å². The van der Waals surface area contributed by atoms with Crippen molar-refractivity contribution in [2.45, 2.75) is 78.1 Å². The average molecular weight is 975 g/mol. The molecule has 0 N–H and O–H groups in total. The molecule has 6 heteroatoms. The zero-order chi connectivity index (χ0) is 48.9. The van der Waals surface area contributed by atoms with Gasteiger partial charge in [0, 0.05) is 45.3 Å². The summed E-state index contributed by atoms with van der Waals surface area (Å²) in [5.74, 6) is 0. The van der Waals surface area contributed by atoms with Crippen molar-refractivity contribution in [3.05, 3.63) is 230 Å². The Labute approximate surface area is 435 Å². The fourth-order valence-corrected chi connectivity index (χ4v) is 11.7. The first-order chi connectivity index (χ1) is 35.6. The van der Waals surface area contributed by atoms with E-state index in [9.17, 15) is 0 Å². The van der Waals surface area contributed by atoms with Crippen molar-refractivity contribution in [2.24, 2.45) is 0 Å². The van der Waals surface area contributed by atoms with Crippen molar-refractivity contribution in [1.82, 2.24) is 9.97 Å². The number of unbranched alkanes of at least 4 members (excludes halogenated alkanes) is 6. The van der Waals surface area contributed by atoms with Crippen LogP contribution in [0.25, 0.3) is 53.4 Å². The van der Waals surface area contributed by atoms with Crippen molar-refractivity contribution in [1.29, 1.82) is 0 Å². The first kappa shape index (κ1) is 48.3. The van der Waals surface area contributed by atoms with Crippen LogP contribution >= 0.6 is 22.7 Å². The summed E-state index contributed by atoms with van der Waals surface area (Å²) in [7, 11) is 0. The number of anilines is 6. The number of hydrogen-bond donors (Lipinski definition) is 0. The second-order valence-corrected chi connectivity index (χ2v) is 20.5. The van der Waals surface area contributed by atoms with E-state index in [1.54, 1.807) is 22.7 Å². The molecular formula is C66H62N4S2. The van der Waals surface area contributed by atoms with E-state index in [1.165, 1.54) is 62.5 Å². The topological polar surface area (TPSA) is 32.3 Å². The van der Waals surface area contributed by atoms with Crippen LogP contribution in [-0.4, -0.2) is 9.97 Å². The fourth-order valence-electron chi connectivity index (χ4n) is 9.50. The summed E-state index contributed by atoms with van der Waals surface area (Å²) in [6.07, 6.45) is 12.2. The quantitative estimate of drug-likeness (QED) is 0.0672. The molecule has 0 amide bonds. The molecule has 0 aliphatic rings. The SMILES string of the molecule is CCCCCCc1ccc(-c2nc(-c3nc(-c4ccc(CCCCCC)cc4)c(-c4ccc(N(c5ccccc5)c5ccccc5)cc4)s3)sc2-c2ccc(N(c3ccccc3)c3ccccc3)cc2)cc1. The molecular weight excluding hydrogens is 913 g/mol. The summed E-state index contributed by atoms with van der Waals surface area (Å²) >= 11 is 3.47. The minimum absolute atomic E-state index is 0.920. The van der Waals surface area contributed by atoms with Gasteiger partial charge in [-0.2, -0.15) is 0 Å². The third kappa shape index (κ3) is 11.4. The van der Waals surface area contributed by atoms with E-state index in [0.29, 0.717) is 0 Å². The van der Waals surface area contributed by atoms with E-state index < -0.39 is 0 Å². The highest BCUT2D eigenvalue weighted by Crippen LogP contribution is 2.47. The molecule has 0 aliphatic heterocycles. The Bertz CT molecular complexity index is 2920. The number of thiazole rings is 2. The molecule has 0 fully saturated rings. The Hall–Kier alpha value is -7.38. The summed E-state index contributed by atoms with van der Waals surface area (Å²) in [5.41, 5.74) is 15.9. The Morgan fingerprint density at radius 3 is 0.903 bits per heavy atom. The Morgan fingerprint density at radius 2 is 0.597 bits per heavy atom. The van der Waals surface area contributed by atoms with Crippen molar-refractivity contribution >= 4 is 56.8 Å². The van der Waals surface area contributed by atoms with E-state index in [0.717, 1.165) is 100 Å². The van der Waals surface area contributed by atoms with Crippen molar-refractivity contribution in [2.75, 3.05) is 9.80 Å². The highest BCUT2D eigenvalue weighted by molar-refractivity contribution is 7.25. The van der Waals surface area contributed by atoms with Gasteiger partial charge in [0.05, 0.1) is 21.1 Å². The third-order valence-electron chi connectivity index (χ3n) is 13.4. The number of benzene rings is 8. The van der Waals surface area contributed by atoms with Crippen molar-refractivity contribution in [3.8, 4) is 53.4 Å². The average Bonchev–Trinajstić information content (AvgIpc) is 4.10. The largest absolute Gasteiger partial charge is 0.311 e. The first-order valence-corrected chi connectivity index (χ1v) is 27.5. The molecule has 0 atom stereocenters. The maximum Gasteiger partial charge on any atom is 0.153 e. The van der Waals surface area contributed by atoms with Crippen LogP contribution in [0.3, 0.4) is 0 Å². The molecule has 4 nitrogen and oxygen atoms in total. The molecule has 0 radical (unpaired) electrons. The van der Waals surface area contributed by atoms with E-state index in [2.05, 4.69) is 242 Å². The molecule has 0 saturated carbocycles. The number of hydrogen-bond acceptors (Lipinski definition) is 6. The molecule has 0 unspecified atom stereocenters. The Morgan fingerprint density at radius 1 is 0.306 bits per heavy atom. The second kappa shape index (κ2) is 23.7. The minimum atomic E-state index is 0.920. The third-order valence-corrected chi connectivity index (χ3v) is 15.7. The number of para-hydroxylation sites is 4. The van der Waals surface area contributed by atoms with Gasteiger partial charge in [-0.1, -0.05) is 198 Å². The summed E-state index contributed by atoms with van der Waals surface area (Å²) in [5, 5.41) is 1.84. The molecule has 10 aromatic rings. The number of rotatable bonds is 21. The van der Waals surface area contributed by atoms with Gasteiger partial charge in [-0.05, 0) is 121 Å². The van der Waals surface area contributed by atoms with Gasteiger partial charge in [-0.3, -0.25) is 0 Å². The van der Waals surface area contributed by atoms with E-state index in [4.69, 9.17) is 9.97 Å². The van der Waals surface area contributed by atoms with Crippen LogP contribution in [0.2, 0.25) is 0 Å². The van der Waals surface area contributed by atoms with E-state index in [-0.39, 0.29) is 0 Å². The van der Waals surface area contributed by atoms with Crippen LogP contribution in [-0.2, 0) is 12.8 Å². The minimum Gasteiger partial charge on any atom is -0.311 e. The maximum atomic E-state index is 5.55. The standard InChI is InChI=1S/C66H62N4S2/c1-3-5-7-13-23-49-33-37-51(38-34-49)61-63(53-41-45-59(46-42-53)69(55-25-15-9-16-26-55)56-27-17-10-18-28-56)71-65(67-61)66-68-62(52-39-35-50(36-40-52)24-14-8-6-4-2)64(72-66)54-43-47-60(48-44-54)70(57-29-19-11-20-30-57)58-31-21-12-22-32-58/h9-12,15-22,25-48H,3-8,13-14,23-24H2,1-2H3. The molecule has 2 aromatic heterocycles. The zero-order valence-corrected chi connectivity index (χ0v) is 43.1. The second-order valence-electron chi connectivity index (χ2n) is 18.5. The van der Waals surface area contributed by atoms with Gasteiger partial charge < -0.3 is 9.80 Å². The predicted octanol–water partition coefficient (Wildman–Crippen LogP) is 20.1. The fraction of sp³-hybridized carbons (Fsp3) is 0.182. The number of aryl methyl sites for hydroxylation is 2. The molecule has 0 spiro atoms. The lowest BCUT2D eigenvalue weighted by molar-refractivity contribution is 0.667. The van der Waals surface area contributed by atoms with Gasteiger partial charge >= 0.3 is 0 Å². The predicted molar refractivity (Wildman–Crippen MR) is 310 cm³/mol. The number of aromatic nitrogens is 2. The van der Waals surface area contributed by atoms with Crippen LogP contribution in [0.1, 0.15) is 76.3 Å². The molecule has 0 bridgehead atoms. The molecule has 8 aromatic carbocycles. The summed E-state index contributed by atoms with van der Waals surface area (Å²) in [6.45, 7) is 4.55. The molecule has 10 rings (SSSR count). The van der Waals surface area contributed by atoms with Gasteiger partial charge in [-0.25, -0.2) is 9.97 Å². The zero-order valence-electron chi connectivity index (χ0n) is 41.5. The molecule has 2 heterocycles. The number of nitrogens with zero attached hydrogens (tertiary/aromatic N) is 4. The lowest BCUT2D eigenvalue weighted by Crippen LogP contribution is -2.09. The first-order valence-electron chi connectivity index (χ1n) is 25.9. The van der Waals surface area contributed by atoms with Gasteiger partial charge in [-0.15, -0.1) is 22.7 Å². The van der Waals surface area contributed by atoms with Crippen LogP contribution in [0.5, 0.6) is 0 Å².